The lowest BCUT2D eigenvalue weighted by molar-refractivity contribution is 0.535. The van der Waals surface area contributed by atoms with Crippen LogP contribution in [0.4, 0.5) is 0 Å². The normalized spacial score (nSPS) is 14.4. The van der Waals surface area contributed by atoms with E-state index in [1.165, 1.54) is 36.1 Å². The first-order chi connectivity index (χ1) is 9.29. The van der Waals surface area contributed by atoms with Crippen LogP contribution in [-0.4, -0.2) is 9.55 Å². The van der Waals surface area contributed by atoms with E-state index in [1.54, 1.807) is 0 Å². The second kappa shape index (κ2) is 5.49. The number of nitrogens with zero attached hydrogens (tertiary/aromatic N) is 2. The highest BCUT2D eigenvalue weighted by Gasteiger charge is 2.19. The summed E-state index contributed by atoms with van der Waals surface area (Å²) in [5, 5.41) is 0. The van der Waals surface area contributed by atoms with Crippen LogP contribution >= 0.6 is 15.9 Å². The van der Waals surface area contributed by atoms with E-state index < -0.39 is 0 Å². The molecule has 2 nitrogen and oxygen atoms in total. The standard InChI is InChI=1S/C16H19BrN2/c1-2-5-12-7-9-13(10-8-12)16-18-15(17)14-6-3-4-11-19(14)16/h7-10H,2-6,11H2,1H3. The molecule has 0 saturated carbocycles. The van der Waals surface area contributed by atoms with E-state index in [0.717, 1.165) is 29.8 Å². The molecule has 0 aliphatic carbocycles. The van der Waals surface area contributed by atoms with Crippen LogP contribution in [0.25, 0.3) is 11.4 Å². The van der Waals surface area contributed by atoms with Crippen molar-refractivity contribution in [3.8, 4) is 11.4 Å². The average molecular weight is 319 g/mol. The molecule has 2 heterocycles. The van der Waals surface area contributed by atoms with Gasteiger partial charge in [0.25, 0.3) is 0 Å². The average Bonchev–Trinajstić information content (AvgIpc) is 2.78. The molecule has 3 heteroatoms. The molecular formula is C16H19BrN2. The van der Waals surface area contributed by atoms with Gasteiger partial charge in [0, 0.05) is 12.1 Å². The van der Waals surface area contributed by atoms with Crippen molar-refractivity contribution in [1.82, 2.24) is 9.55 Å². The number of fused-ring (bicyclic) bond motifs is 1. The van der Waals surface area contributed by atoms with Crippen LogP contribution in [0.1, 0.15) is 37.4 Å². The highest BCUT2D eigenvalue weighted by atomic mass is 79.9. The van der Waals surface area contributed by atoms with E-state index in [9.17, 15) is 0 Å². The third-order valence-electron chi connectivity index (χ3n) is 3.82. The van der Waals surface area contributed by atoms with Gasteiger partial charge in [0.05, 0.1) is 5.69 Å². The van der Waals surface area contributed by atoms with Gasteiger partial charge in [-0.05, 0) is 47.2 Å². The number of halogens is 1. The molecular weight excluding hydrogens is 300 g/mol. The van der Waals surface area contributed by atoms with Gasteiger partial charge in [-0.25, -0.2) is 4.98 Å². The van der Waals surface area contributed by atoms with Crippen molar-refractivity contribution in [3.05, 3.63) is 40.1 Å². The lowest BCUT2D eigenvalue weighted by Gasteiger charge is -2.16. The summed E-state index contributed by atoms with van der Waals surface area (Å²) in [6, 6.07) is 8.89. The first kappa shape index (κ1) is 12.9. The maximum Gasteiger partial charge on any atom is 0.141 e. The molecule has 0 fully saturated rings. The van der Waals surface area contributed by atoms with Crippen molar-refractivity contribution in [2.45, 2.75) is 45.6 Å². The molecule has 2 aromatic rings. The minimum atomic E-state index is 1.03. The lowest BCUT2D eigenvalue weighted by Crippen LogP contribution is -2.11. The summed E-state index contributed by atoms with van der Waals surface area (Å²) < 4.78 is 3.41. The molecule has 0 atom stereocenters. The molecule has 0 radical (unpaired) electrons. The van der Waals surface area contributed by atoms with Crippen LogP contribution in [0.2, 0.25) is 0 Å². The molecule has 100 valence electrons. The zero-order chi connectivity index (χ0) is 13.2. The molecule has 0 unspecified atom stereocenters. The van der Waals surface area contributed by atoms with Gasteiger partial charge in [-0.2, -0.15) is 0 Å². The SMILES string of the molecule is CCCc1ccc(-c2nc(Br)c3n2CCCC3)cc1. The summed E-state index contributed by atoms with van der Waals surface area (Å²) in [5.41, 5.74) is 4.00. The van der Waals surface area contributed by atoms with E-state index in [0.29, 0.717) is 0 Å². The Morgan fingerprint density at radius 1 is 1.21 bits per heavy atom. The number of aromatic nitrogens is 2. The molecule has 1 aromatic heterocycles. The summed E-state index contributed by atoms with van der Waals surface area (Å²) in [4.78, 5) is 4.72. The highest BCUT2D eigenvalue weighted by Crippen LogP contribution is 2.30. The Kier molecular flexibility index (Phi) is 3.74. The zero-order valence-corrected chi connectivity index (χ0v) is 12.9. The van der Waals surface area contributed by atoms with Crippen LogP contribution in [0, 0.1) is 0 Å². The second-order valence-corrected chi connectivity index (χ2v) is 5.98. The fraction of sp³-hybridized carbons (Fsp3) is 0.438. The Hall–Kier alpha value is -1.09. The third-order valence-corrected chi connectivity index (χ3v) is 4.45. The molecule has 0 amide bonds. The lowest BCUT2D eigenvalue weighted by atomic mass is 10.1. The van der Waals surface area contributed by atoms with Crippen LogP contribution in [0.3, 0.4) is 0 Å². The van der Waals surface area contributed by atoms with Crippen molar-refractivity contribution < 1.29 is 0 Å². The van der Waals surface area contributed by atoms with Crippen LogP contribution in [0.5, 0.6) is 0 Å². The fourth-order valence-corrected chi connectivity index (χ4v) is 3.41. The quantitative estimate of drug-likeness (QED) is 0.808. The van der Waals surface area contributed by atoms with Crippen molar-refractivity contribution in [2.24, 2.45) is 0 Å². The zero-order valence-electron chi connectivity index (χ0n) is 11.3. The largest absolute Gasteiger partial charge is 0.327 e. The minimum Gasteiger partial charge on any atom is -0.327 e. The molecule has 0 spiro atoms. The molecule has 3 rings (SSSR count). The Morgan fingerprint density at radius 3 is 2.74 bits per heavy atom. The van der Waals surface area contributed by atoms with Gasteiger partial charge in [-0.15, -0.1) is 0 Å². The first-order valence-corrected chi connectivity index (χ1v) is 7.93. The summed E-state index contributed by atoms with van der Waals surface area (Å²) in [6.07, 6.45) is 6.03. The number of rotatable bonds is 3. The summed E-state index contributed by atoms with van der Waals surface area (Å²) in [6.45, 7) is 3.32. The summed E-state index contributed by atoms with van der Waals surface area (Å²) in [7, 11) is 0. The van der Waals surface area contributed by atoms with Gasteiger partial charge in [0.1, 0.15) is 10.4 Å². The van der Waals surface area contributed by atoms with E-state index in [4.69, 9.17) is 4.98 Å². The molecule has 1 aliphatic rings. The maximum absolute atomic E-state index is 4.72. The van der Waals surface area contributed by atoms with Gasteiger partial charge < -0.3 is 4.57 Å². The topological polar surface area (TPSA) is 17.8 Å². The Labute approximate surface area is 123 Å². The van der Waals surface area contributed by atoms with Crippen molar-refractivity contribution in [3.63, 3.8) is 0 Å². The van der Waals surface area contributed by atoms with E-state index in [1.807, 2.05) is 0 Å². The van der Waals surface area contributed by atoms with E-state index in [2.05, 4.69) is 51.7 Å². The van der Waals surface area contributed by atoms with E-state index in [-0.39, 0.29) is 0 Å². The number of aryl methyl sites for hydroxylation is 1. The Balaban J connectivity index is 1.97. The summed E-state index contributed by atoms with van der Waals surface area (Å²) >= 11 is 3.61. The highest BCUT2D eigenvalue weighted by molar-refractivity contribution is 9.10. The van der Waals surface area contributed by atoms with Crippen LogP contribution in [0.15, 0.2) is 28.9 Å². The predicted octanol–water partition coefficient (Wildman–Crippen LogP) is 4.60. The van der Waals surface area contributed by atoms with Gasteiger partial charge in [-0.1, -0.05) is 37.6 Å². The van der Waals surface area contributed by atoms with Crippen LogP contribution < -0.4 is 0 Å². The predicted molar refractivity (Wildman–Crippen MR) is 82.3 cm³/mol. The molecule has 0 N–H and O–H groups in total. The monoisotopic (exact) mass is 318 g/mol. The van der Waals surface area contributed by atoms with Gasteiger partial charge >= 0.3 is 0 Å². The van der Waals surface area contributed by atoms with Gasteiger partial charge in [-0.3, -0.25) is 0 Å². The molecule has 1 aliphatic heterocycles. The fourth-order valence-electron chi connectivity index (χ4n) is 2.83. The maximum atomic E-state index is 4.72. The van der Waals surface area contributed by atoms with E-state index >= 15 is 0 Å². The molecule has 0 bridgehead atoms. The number of hydrogen-bond acceptors (Lipinski definition) is 1. The summed E-state index contributed by atoms with van der Waals surface area (Å²) in [5.74, 6) is 1.12. The van der Waals surface area contributed by atoms with Crippen molar-refractivity contribution in [2.75, 3.05) is 0 Å². The third kappa shape index (κ3) is 2.48. The van der Waals surface area contributed by atoms with Gasteiger partial charge in [0.2, 0.25) is 0 Å². The number of imidazole rings is 1. The van der Waals surface area contributed by atoms with Gasteiger partial charge in [0.15, 0.2) is 0 Å². The second-order valence-electron chi connectivity index (χ2n) is 5.23. The Bertz CT molecular complexity index is 569. The molecule has 19 heavy (non-hydrogen) atoms. The number of benzene rings is 1. The van der Waals surface area contributed by atoms with Crippen LogP contribution in [-0.2, 0) is 19.4 Å². The smallest absolute Gasteiger partial charge is 0.141 e. The minimum absolute atomic E-state index is 1.03. The molecule has 1 aromatic carbocycles. The Morgan fingerprint density at radius 2 is 2.00 bits per heavy atom. The van der Waals surface area contributed by atoms with Crippen molar-refractivity contribution >= 4 is 15.9 Å². The first-order valence-electron chi connectivity index (χ1n) is 7.14. The van der Waals surface area contributed by atoms with Crippen molar-refractivity contribution in [1.29, 1.82) is 0 Å². The number of hydrogen-bond donors (Lipinski definition) is 0. The molecule has 0 saturated heterocycles.